The topological polar surface area (TPSA) is 92.8 Å². The number of amides is 1. The van der Waals surface area contributed by atoms with Gasteiger partial charge < -0.3 is 9.64 Å². The van der Waals surface area contributed by atoms with Gasteiger partial charge in [0.25, 0.3) is 15.9 Å². The Morgan fingerprint density at radius 1 is 1.09 bits per heavy atom. The molecule has 7 nitrogen and oxygen atoms in total. The molecule has 1 saturated heterocycles. The number of rotatable bonds is 6. The number of carbonyl (C=O) groups is 2. The predicted octanol–water partition coefficient (Wildman–Crippen LogP) is 4.83. The molecule has 2 bridgehead atoms. The van der Waals surface area contributed by atoms with E-state index in [2.05, 4.69) is 41.4 Å². The molecule has 2 atom stereocenters. The summed E-state index contributed by atoms with van der Waals surface area (Å²) >= 11 is 3.28. The van der Waals surface area contributed by atoms with Crippen molar-refractivity contribution in [2.75, 3.05) is 17.9 Å². The Hall–Kier alpha value is -2.39. The monoisotopic (exact) mass is 548 g/mol. The lowest BCUT2D eigenvalue weighted by Gasteiger charge is -2.39. The number of hydrogen-bond acceptors (Lipinski definition) is 5. The second-order valence-electron chi connectivity index (χ2n) is 10.4. The van der Waals surface area contributed by atoms with Crippen LogP contribution in [0.1, 0.15) is 50.4 Å². The molecular weight excluding hydrogens is 520 g/mol. The fourth-order valence-electron chi connectivity index (χ4n) is 5.61. The highest BCUT2D eigenvalue weighted by Crippen LogP contribution is 2.52. The summed E-state index contributed by atoms with van der Waals surface area (Å²) in [7, 11) is -3.91. The van der Waals surface area contributed by atoms with Gasteiger partial charge in [-0.25, -0.2) is 13.2 Å². The molecule has 1 aliphatic heterocycles. The molecule has 1 N–H and O–H groups in total. The third-order valence-corrected chi connectivity index (χ3v) is 8.49. The van der Waals surface area contributed by atoms with Gasteiger partial charge in [0.1, 0.15) is 0 Å². The van der Waals surface area contributed by atoms with Gasteiger partial charge in [-0.3, -0.25) is 9.52 Å². The minimum atomic E-state index is -3.91. The van der Waals surface area contributed by atoms with Crippen molar-refractivity contribution in [2.24, 2.45) is 10.8 Å². The zero-order valence-electron chi connectivity index (χ0n) is 19.5. The van der Waals surface area contributed by atoms with Crippen LogP contribution in [0.3, 0.4) is 0 Å². The number of likely N-dealkylation sites (tertiary alicyclic amines) is 1. The average molecular weight is 549 g/mol. The van der Waals surface area contributed by atoms with Gasteiger partial charge in [0.15, 0.2) is 6.61 Å². The van der Waals surface area contributed by atoms with E-state index in [0.717, 1.165) is 23.7 Å². The molecule has 1 aliphatic carbocycles. The van der Waals surface area contributed by atoms with Crippen LogP contribution in [-0.2, 0) is 19.6 Å². The van der Waals surface area contributed by atoms with Gasteiger partial charge >= 0.3 is 5.97 Å². The molecule has 34 heavy (non-hydrogen) atoms. The van der Waals surface area contributed by atoms with Crippen molar-refractivity contribution >= 4 is 43.5 Å². The van der Waals surface area contributed by atoms with Crippen LogP contribution in [0.25, 0.3) is 0 Å². The summed E-state index contributed by atoms with van der Waals surface area (Å²) in [6.07, 6.45) is 2.96. The Kier molecular flexibility index (Phi) is 6.54. The summed E-state index contributed by atoms with van der Waals surface area (Å²) in [5.74, 6) is -0.969. The summed E-state index contributed by atoms with van der Waals surface area (Å²) < 4.78 is 34.1. The second kappa shape index (κ2) is 9.00. The Labute approximate surface area is 209 Å². The molecule has 2 aromatic rings. The number of ether oxygens (including phenoxy) is 1. The number of anilines is 1. The molecule has 1 saturated carbocycles. The number of nitrogens with one attached hydrogen (secondary N) is 1. The number of para-hydroxylation sites is 1. The highest BCUT2D eigenvalue weighted by molar-refractivity contribution is 9.10. The van der Waals surface area contributed by atoms with Crippen LogP contribution in [0, 0.1) is 10.8 Å². The van der Waals surface area contributed by atoms with Crippen molar-refractivity contribution in [1.82, 2.24) is 4.90 Å². The van der Waals surface area contributed by atoms with Crippen molar-refractivity contribution < 1.29 is 22.7 Å². The summed E-state index contributed by atoms with van der Waals surface area (Å²) in [5, 5.41) is 0. The Morgan fingerprint density at radius 2 is 1.76 bits per heavy atom. The molecule has 0 radical (unpaired) electrons. The molecule has 182 valence electrons. The lowest BCUT2D eigenvalue weighted by molar-refractivity contribution is -0.135. The molecule has 0 unspecified atom stereocenters. The summed E-state index contributed by atoms with van der Waals surface area (Å²) in [6, 6.07) is 12.5. The Morgan fingerprint density at radius 3 is 2.47 bits per heavy atom. The smallest absolute Gasteiger partial charge is 0.340 e. The minimum absolute atomic E-state index is 0.0456. The number of hydrogen-bond donors (Lipinski definition) is 1. The van der Waals surface area contributed by atoms with E-state index in [1.54, 1.807) is 24.3 Å². The second-order valence-corrected chi connectivity index (χ2v) is 13.0. The summed E-state index contributed by atoms with van der Waals surface area (Å²) in [5.41, 5.74) is 0.400. The maximum atomic E-state index is 12.9. The standard InChI is InChI=1S/C25H29BrN2O5S/c1-24(2)12-18-13-25(3,15-24)16-28(18)22(29)14-33-23(30)20-6-4-5-7-21(20)27-34(31,32)19-10-8-17(26)9-11-19/h4-11,18,27H,12-16H2,1-3H3/t18-,25+/m1/s1. The van der Waals surface area contributed by atoms with E-state index in [1.165, 1.54) is 24.3 Å². The molecule has 9 heteroatoms. The van der Waals surface area contributed by atoms with Crippen LogP contribution in [-0.4, -0.2) is 44.4 Å². The first-order valence-electron chi connectivity index (χ1n) is 11.2. The first kappa shape index (κ1) is 24.7. The lowest BCUT2D eigenvalue weighted by Crippen LogP contribution is -2.39. The lowest BCUT2D eigenvalue weighted by atomic mass is 9.65. The molecule has 2 fully saturated rings. The minimum Gasteiger partial charge on any atom is -0.452 e. The number of esters is 1. The van der Waals surface area contributed by atoms with Crippen LogP contribution in [0.2, 0.25) is 0 Å². The number of fused-ring (bicyclic) bond motifs is 2. The molecule has 0 aromatic heterocycles. The fourth-order valence-corrected chi connectivity index (χ4v) is 6.95. The highest BCUT2D eigenvalue weighted by Gasteiger charge is 2.50. The molecule has 2 aliphatic rings. The molecule has 1 amide bonds. The zero-order valence-corrected chi connectivity index (χ0v) is 21.9. The largest absolute Gasteiger partial charge is 0.452 e. The van der Waals surface area contributed by atoms with Crippen molar-refractivity contribution in [2.45, 2.75) is 51.0 Å². The van der Waals surface area contributed by atoms with Gasteiger partial charge in [0, 0.05) is 17.1 Å². The SMILES string of the molecule is CC1(C)C[C@@H]2C[C@](C)(CN2C(=O)COC(=O)c2ccccc2NS(=O)(=O)c2ccc(Br)cc2)C1. The zero-order chi connectivity index (χ0) is 24.7. The van der Waals surface area contributed by atoms with Crippen LogP contribution < -0.4 is 4.72 Å². The van der Waals surface area contributed by atoms with E-state index in [9.17, 15) is 18.0 Å². The van der Waals surface area contributed by atoms with E-state index in [4.69, 9.17) is 4.74 Å². The van der Waals surface area contributed by atoms with E-state index < -0.39 is 16.0 Å². The number of benzene rings is 2. The van der Waals surface area contributed by atoms with Crippen molar-refractivity contribution in [3.8, 4) is 0 Å². The summed E-state index contributed by atoms with van der Waals surface area (Å²) in [4.78, 5) is 27.7. The third-order valence-electron chi connectivity index (χ3n) is 6.58. The molecule has 2 aromatic carbocycles. The van der Waals surface area contributed by atoms with Gasteiger partial charge in [-0.1, -0.05) is 48.8 Å². The maximum Gasteiger partial charge on any atom is 0.340 e. The number of sulfonamides is 1. The highest BCUT2D eigenvalue weighted by atomic mass is 79.9. The van der Waals surface area contributed by atoms with Gasteiger partial charge in [0.05, 0.1) is 16.1 Å². The normalized spacial score (nSPS) is 23.4. The van der Waals surface area contributed by atoms with E-state index in [0.29, 0.717) is 6.54 Å². The van der Waals surface area contributed by atoms with Crippen molar-refractivity contribution in [1.29, 1.82) is 0 Å². The first-order valence-corrected chi connectivity index (χ1v) is 13.5. The van der Waals surface area contributed by atoms with Crippen molar-refractivity contribution in [3.63, 3.8) is 0 Å². The number of carbonyl (C=O) groups excluding carboxylic acids is 2. The number of nitrogens with zero attached hydrogens (tertiary/aromatic N) is 1. The molecule has 4 rings (SSSR count). The first-order chi connectivity index (χ1) is 15.9. The summed E-state index contributed by atoms with van der Waals surface area (Å²) in [6.45, 7) is 6.98. The number of halogens is 1. The average Bonchev–Trinajstić information content (AvgIpc) is 3.01. The van der Waals surface area contributed by atoms with Crippen LogP contribution in [0.5, 0.6) is 0 Å². The van der Waals surface area contributed by atoms with Gasteiger partial charge in [-0.15, -0.1) is 0 Å². The Balaban J connectivity index is 1.44. The maximum absolute atomic E-state index is 12.9. The van der Waals surface area contributed by atoms with Crippen LogP contribution >= 0.6 is 15.9 Å². The van der Waals surface area contributed by atoms with E-state index in [1.807, 2.05) is 4.90 Å². The van der Waals surface area contributed by atoms with Crippen LogP contribution in [0.15, 0.2) is 57.9 Å². The van der Waals surface area contributed by atoms with Gasteiger partial charge in [0.2, 0.25) is 0 Å². The molecular formula is C25H29BrN2O5S. The van der Waals surface area contributed by atoms with Gasteiger partial charge in [-0.05, 0) is 66.5 Å². The van der Waals surface area contributed by atoms with Crippen LogP contribution in [0.4, 0.5) is 5.69 Å². The molecule has 0 spiro atoms. The Bertz CT molecular complexity index is 1210. The fraction of sp³-hybridized carbons (Fsp3) is 0.440. The van der Waals surface area contributed by atoms with Crippen molar-refractivity contribution in [3.05, 3.63) is 58.6 Å². The van der Waals surface area contributed by atoms with E-state index in [-0.39, 0.29) is 45.5 Å². The predicted molar refractivity (Wildman–Crippen MR) is 133 cm³/mol. The molecule has 1 heterocycles. The van der Waals surface area contributed by atoms with Gasteiger partial charge in [-0.2, -0.15) is 0 Å². The quantitative estimate of drug-likeness (QED) is 0.521. The third kappa shape index (κ3) is 5.30. The van der Waals surface area contributed by atoms with E-state index >= 15 is 0 Å².